The zero-order valence-corrected chi connectivity index (χ0v) is 12.3. The van der Waals surface area contributed by atoms with E-state index in [4.69, 9.17) is 0 Å². The molecule has 0 saturated carbocycles. The van der Waals surface area contributed by atoms with Gasteiger partial charge in [0.1, 0.15) is 0 Å². The first-order chi connectivity index (χ1) is 8.10. The van der Waals surface area contributed by atoms with Crippen LogP contribution < -0.4 is 0 Å². The Morgan fingerprint density at radius 3 is 2.53 bits per heavy atom. The van der Waals surface area contributed by atoms with Crippen molar-refractivity contribution in [3.63, 3.8) is 0 Å². The minimum Gasteiger partial charge on any atom is -0.293 e. The third-order valence-corrected chi connectivity index (χ3v) is 3.83. The number of hydrogen-bond donors (Lipinski definition) is 0. The Hall–Kier alpha value is -0.670. The summed E-state index contributed by atoms with van der Waals surface area (Å²) >= 11 is 3.42. The first-order valence-corrected chi connectivity index (χ1v) is 6.91. The third-order valence-electron chi connectivity index (χ3n) is 3.14. The number of nitrogens with zero attached hydrogens (tertiary/aromatic N) is 1. The molecule has 17 heavy (non-hydrogen) atoms. The molecule has 3 heteroatoms. The van der Waals surface area contributed by atoms with Crippen LogP contribution in [0, 0.1) is 0 Å². The highest BCUT2D eigenvalue weighted by molar-refractivity contribution is 9.10. The van der Waals surface area contributed by atoms with Crippen LogP contribution in [0.15, 0.2) is 28.7 Å². The normalized spacial score (nSPS) is 12.8. The van der Waals surface area contributed by atoms with E-state index in [0.29, 0.717) is 12.6 Å². The molecule has 0 amide bonds. The number of Topliss-reactive ketones (excluding diaryl/α,β-unsaturated/α-hetero) is 1. The molecule has 0 bridgehead atoms. The van der Waals surface area contributed by atoms with Crippen LogP contribution in [0.3, 0.4) is 0 Å². The molecule has 0 fully saturated rings. The second kappa shape index (κ2) is 6.92. The van der Waals surface area contributed by atoms with E-state index in [1.807, 2.05) is 24.3 Å². The van der Waals surface area contributed by atoms with Gasteiger partial charge >= 0.3 is 0 Å². The van der Waals surface area contributed by atoms with Crippen molar-refractivity contribution in [1.82, 2.24) is 4.90 Å². The molecule has 2 nitrogen and oxygen atoms in total. The summed E-state index contributed by atoms with van der Waals surface area (Å²) in [7, 11) is 0. The van der Waals surface area contributed by atoms with E-state index < -0.39 is 0 Å². The molecule has 0 radical (unpaired) electrons. The van der Waals surface area contributed by atoms with Gasteiger partial charge in [0.05, 0.1) is 6.54 Å². The van der Waals surface area contributed by atoms with Crippen LogP contribution in [-0.4, -0.2) is 29.8 Å². The van der Waals surface area contributed by atoms with Gasteiger partial charge in [0.2, 0.25) is 0 Å². The summed E-state index contributed by atoms with van der Waals surface area (Å²) < 4.78 is 0.880. The second-order valence-corrected chi connectivity index (χ2v) is 5.08. The van der Waals surface area contributed by atoms with E-state index in [9.17, 15) is 4.79 Å². The molecule has 0 aromatic heterocycles. The van der Waals surface area contributed by atoms with Crippen molar-refractivity contribution in [2.45, 2.75) is 33.2 Å². The first kappa shape index (κ1) is 14.4. The summed E-state index contributed by atoms with van der Waals surface area (Å²) in [5, 5.41) is 0. The van der Waals surface area contributed by atoms with Crippen molar-refractivity contribution in [3.05, 3.63) is 34.3 Å². The molecule has 0 heterocycles. The van der Waals surface area contributed by atoms with Gasteiger partial charge in [-0.3, -0.25) is 9.69 Å². The third kappa shape index (κ3) is 3.93. The van der Waals surface area contributed by atoms with Gasteiger partial charge < -0.3 is 0 Å². The van der Waals surface area contributed by atoms with E-state index in [-0.39, 0.29) is 5.78 Å². The van der Waals surface area contributed by atoms with E-state index in [1.54, 1.807) is 0 Å². The summed E-state index contributed by atoms with van der Waals surface area (Å²) in [5.74, 6) is 0.180. The van der Waals surface area contributed by atoms with Crippen LogP contribution in [0.1, 0.15) is 37.6 Å². The predicted molar refractivity (Wildman–Crippen MR) is 75.5 cm³/mol. The molecule has 1 aromatic rings. The Labute approximate surface area is 112 Å². The van der Waals surface area contributed by atoms with Crippen molar-refractivity contribution in [2.24, 2.45) is 0 Å². The SMILES string of the molecule is CCC(C)N(CC)CC(=O)c1ccccc1Br. The molecular formula is C14H20BrNO. The Kier molecular flexibility index (Phi) is 5.86. The lowest BCUT2D eigenvalue weighted by Crippen LogP contribution is -2.36. The van der Waals surface area contributed by atoms with Crippen molar-refractivity contribution in [3.8, 4) is 0 Å². The van der Waals surface area contributed by atoms with Crippen molar-refractivity contribution >= 4 is 21.7 Å². The highest BCUT2D eigenvalue weighted by atomic mass is 79.9. The highest BCUT2D eigenvalue weighted by Gasteiger charge is 2.16. The predicted octanol–water partition coefficient (Wildman–Crippen LogP) is 3.75. The van der Waals surface area contributed by atoms with Gasteiger partial charge in [0.25, 0.3) is 0 Å². The Bertz CT molecular complexity index is 378. The molecule has 1 unspecified atom stereocenters. The maximum atomic E-state index is 12.2. The number of ketones is 1. The number of likely N-dealkylation sites (N-methyl/N-ethyl adjacent to an activating group) is 1. The summed E-state index contributed by atoms with van der Waals surface area (Å²) in [4.78, 5) is 14.4. The van der Waals surface area contributed by atoms with Crippen LogP contribution in [0.4, 0.5) is 0 Å². The lowest BCUT2D eigenvalue weighted by Gasteiger charge is -2.26. The topological polar surface area (TPSA) is 20.3 Å². The van der Waals surface area contributed by atoms with Crippen molar-refractivity contribution in [1.29, 1.82) is 0 Å². The minimum atomic E-state index is 0.180. The summed E-state index contributed by atoms with van der Waals surface area (Å²) in [5.41, 5.74) is 0.772. The second-order valence-electron chi connectivity index (χ2n) is 4.22. The molecule has 1 rings (SSSR count). The summed E-state index contributed by atoms with van der Waals surface area (Å²) in [6, 6.07) is 8.06. The standard InChI is InChI=1S/C14H20BrNO/c1-4-11(3)16(5-2)10-14(17)12-8-6-7-9-13(12)15/h6-9,11H,4-5,10H2,1-3H3. The number of rotatable bonds is 6. The minimum absolute atomic E-state index is 0.180. The molecule has 0 saturated heterocycles. The molecule has 0 spiro atoms. The number of carbonyl (C=O) groups excluding carboxylic acids is 1. The average molecular weight is 298 g/mol. The molecule has 0 aliphatic carbocycles. The van der Waals surface area contributed by atoms with E-state index in [2.05, 4.69) is 41.6 Å². The van der Waals surface area contributed by atoms with Crippen LogP contribution in [-0.2, 0) is 0 Å². The molecule has 0 aliphatic rings. The van der Waals surface area contributed by atoms with Gasteiger partial charge in [-0.2, -0.15) is 0 Å². The smallest absolute Gasteiger partial charge is 0.177 e. The Morgan fingerprint density at radius 1 is 1.35 bits per heavy atom. The van der Waals surface area contributed by atoms with Gasteiger partial charge in [0, 0.05) is 16.1 Å². The first-order valence-electron chi connectivity index (χ1n) is 6.11. The van der Waals surface area contributed by atoms with E-state index in [1.165, 1.54) is 0 Å². The van der Waals surface area contributed by atoms with Gasteiger partial charge in [-0.1, -0.05) is 48.0 Å². The lowest BCUT2D eigenvalue weighted by molar-refractivity contribution is 0.0902. The van der Waals surface area contributed by atoms with Gasteiger partial charge in [-0.05, 0) is 26.0 Å². The lowest BCUT2D eigenvalue weighted by atomic mass is 10.1. The highest BCUT2D eigenvalue weighted by Crippen LogP contribution is 2.17. The van der Waals surface area contributed by atoms with Crippen LogP contribution in [0.5, 0.6) is 0 Å². The van der Waals surface area contributed by atoms with Crippen LogP contribution >= 0.6 is 15.9 Å². The monoisotopic (exact) mass is 297 g/mol. The number of carbonyl (C=O) groups is 1. The Balaban J connectivity index is 2.75. The molecule has 1 aromatic carbocycles. The maximum absolute atomic E-state index is 12.2. The summed E-state index contributed by atoms with van der Waals surface area (Å²) in [6.45, 7) is 7.81. The quantitative estimate of drug-likeness (QED) is 0.745. The number of benzene rings is 1. The van der Waals surface area contributed by atoms with E-state index >= 15 is 0 Å². The average Bonchev–Trinajstić information content (AvgIpc) is 2.35. The molecule has 0 aliphatic heterocycles. The van der Waals surface area contributed by atoms with Crippen LogP contribution in [0.2, 0.25) is 0 Å². The maximum Gasteiger partial charge on any atom is 0.177 e. The Morgan fingerprint density at radius 2 is 2.00 bits per heavy atom. The van der Waals surface area contributed by atoms with Gasteiger partial charge in [-0.15, -0.1) is 0 Å². The molecule has 0 N–H and O–H groups in total. The molecule has 1 atom stereocenters. The van der Waals surface area contributed by atoms with Crippen molar-refractivity contribution < 1.29 is 4.79 Å². The number of hydrogen-bond acceptors (Lipinski definition) is 2. The zero-order chi connectivity index (χ0) is 12.8. The largest absolute Gasteiger partial charge is 0.293 e. The summed E-state index contributed by atoms with van der Waals surface area (Å²) in [6.07, 6.45) is 1.07. The van der Waals surface area contributed by atoms with Crippen LogP contribution in [0.25, 0.3) is 0 Å². The van der Waals surface area contributed by atoms with Gasteiger partial charge in [0.15, 0.2) is 5.78 Å². The fraction of sp³-hybridized carbons (Fsp3) is 0.500. The fourth-order valence-electron chi connectivity index (χ4n) is 1.79. The zero-order valence-electron chi connectivity index (χ0n) is 10.7. The van der Waals surface area contributed by atoms with Gasteiger partial charge in [-0.25, -0.2) is 0 Å². The molecular weight excluding hydrogens is 278 g/mol. The fourth-order valence-corrected chi connectivity index (χ4v) is 2.30. The van der Waals surface area contributed by atoms with E-state index in [0.717, 1.165) is 23.0 Å². The molecule has 94 valence electrons. The van der Waals surface area contributed by atoms with Crippen molar-refractivity contribution in [2.75, 3.05) is 13.1 Å². The number of halogens is 1.